The standard InChI is InChI=1S/C17H19N3O2/c1-11(2)17(22)20-16-9-8-15(10-18-16)19-14-6-4-13(5-7-14)12(3)21/h4-11,19H,1-3H3,(H,18,20,22). The Morgan fingerprint density at radius 3 is 2.14 bits per heavy atom. The number of hydrogen-bond acceptors (Lipinski definition) is 4. The highest BCUT2D eigenvalue weighted by molar-refractivity contribution is 5.94. The molecular weight excluding hydrogens is 278 g/mol. The minimum absolute atomic E-state index is 0.0402. The molecule has 0 unspecified atom stereocenters. The number of carbonyl (C=O) groups is 2. The molecule has 2 rings (SSSR count). The molecular formula is C17H19N3O2. The summed E-state index contributed by atoms with van der Waals surface area (Å²) in [4.78, 5) is 27.0. The zero-order valence-corrected chi connectivity index (χ0v) is 12.9. The summed E-state index contributed by atoms with van der Waals surface area (Å²) in [5.74, 6) is 0.419. The zero-order valence-electron chi connectivity index (χ0n) is 12.9. The van der Waals surface area contributed by atoms with Crippen molar-refractivity contribution in [2.75, 3.05) is 10.6 Å². The molecule has 0 saturated carbocycles. The van der Waals surface area contributed by atoms with Crippen molar-refractivity contribution in [3.8, 4) is 0 Å². The molecule has 0 fully saturated rings. The first-order valence-electron chi connectivity index (χ1n) is 7.10. The van der Waals surface area contributed by atoms with Crippen LogP contribution in [0.15, 0.2) is 42.6 Å². The van der Waals surface area contributed by atoms with Gasteiger partial charge in [0.1, 0.15) is 5.82 Å². The van der Waals surface area contributed by atoms with Gasteiger partial charge in [0.15, 0.2) is 5.78 Å². The average Bonchev–Trinajstić information content (AvgIpc) is 2.49. The maximum absolute atomic E-state index is 11.6. The van der Waals surface area contributed by atoms with Crippen LogP contribution in [0.2, 0.25) is 0 Å². The van der Waals surface area contributed by atoms with Gasteiger partial charge in [-0.1, -0.05) is 13.8 Å². The fourth-order valence-electron chi connectivity index (χ4n) is 1.77. The summed E-state index contributed by atoms with van der Waals surface area (Å²) >= 11 is 0. The Kier molecular flexibility index (Phi) is 4.88. The van der Waals surface area contributed by atoms with E-state index in [-0.39, 0.29) is 17.6 Å². The van der Waals surface area contributed by atoms with Gasteiger partial charge in [-0.2, -0.15) is 0 Å². The number of nitrogens with one attached hydrogen (secondary N) is 2. The second-order valence-electron chi connectivity index (χ2n) is 5.33. The van der Waals surface area contributed by atoms with Gasteiger partial charge in [-0.25, -0.2) is 4.98 Å². The Morgan fingerprint density at radius 2 is 1.64 bits per heavy atom. The normalized spacial score (nSPS) is 10.4. The maximum atomic E-state index is 11.6. The van der Waals surface area contributed by atoms with E-state index in [0.717, 1.165) is 11.4 Å². The number of aromatic nitrogens is 1. The Hall–Kier alpha value is -2.69. The second-order valence-corrected chi connectivity index (χ2v) is 5.33. The number of pyridine rings is 1. The third-order valence-corrected chi connectivity index (χ3v) is 3.12. The van der Waals surface area contributed by atoms with Crippen LogP contribution in [0.25, 0.3) is 0 Å². The van der Waals surface area contributed by atoms with Gasteiger partial charge in [0.2, 0.25) is 5.91 Å². The van der Waals surface area contributed by atoms with Crippen molar-refractivity contribution >= 4 is 28.9 Å². The minimum Gasteiger partial charge on any atom is -0.354 e. The number of rotatable bonds is 5. The Labute approximate surface area is 129 Å². The van der Waals surface area contributed by atoms with E-state index >= 15 is 0 Å². The first kappa shape index (κ1) is 15.7. The molecule has 2 aromatic rings. The lowest BCUT2D eigenvalue weighted by Crippen LogP contribution is -2.18. The number of benzene rings is 1. The molecule has 1 aromatic carbocycles. The van der Waals surface area contributed by atoms with Crippen LogP contribution >= 0.6 is 0 Å². The van der Waals surface area contributed by atoms with E-state index in [1.54, 1.807) is 24.4 Å². The van der Waals surface area contributed by atoms with Crippen molar-refractivity contribution in [3.63, 3.8) is 0 Å². The molecule has 5 nitrogen and oxygen atoms in total. The molecule has 2 N–H and O–H groups in total. The van der Waals surface area contributed by atoms with Gasteiger partial charge in [-0.3, -0.25) is 9.59 Å². The first-order chi connectivity index (χ1) is 10.5. The smallest absolute Gasteiger partial charge is 0.228 e. The second kappa shape index (κ2) is 6.85. The SMILES string of the molecule is CC(=O)c1ccc(Nc2ccc(NC(=O)C(C)C)nc2)cc1. The zero-order chi connectivity index (χ0) is 16.1. The van der Waals surface area contributed by atoms with Crippen LogP contribution in [0.5, 0.6) is 0 Å². The topological polar surface area (TPSA) is 71.1 Å². The van der Waals surface area contributed by atoms with Crippen LogP contribution < -0.4 is 10.6 Å². The fraction of sp³-hybridized carbons (Fsp3) is 0.235. The number of hydrogen-bond donors (Lipinski definition) is 2. The minimum atomic E-state index is -0.0839. The van der Waals surface area contributed by atoms with Crippen LogP contribution in [0.3, 0.4) is 0 Å². The molecule has 114 valence electrons. The number of carbonyl (C=O) groups excluding carboxylic acids is 2. The van der Waals surface area contributed by atoms with Crippen molar-refractivity contribution in [2.24, 2.45) is 5.92 Å². The van der Waals surface area contributed by atoms with Gasteiger partial charge in [0, 0.05) is 17.2 Å². The van der Waals surface area contributed by atoms with E-state index in [4.69, 9.17) is 0 Å². The molecule has 0 aliphatic heterocycles. The highest BCUT2D eigenvalue weighted by Gasteiger charge is 2.07. The molecule has 0 radical (unpaired) electrons. The van der Waals surface area contributed by atoms with Crippen molar-refractivity contribution in [1.29, 1.82) is 0 Å². The Morgan fingerprint density at radius 1 is 1.00 bits per heavy atom. The Bertz CT molecular complexity index is 661. The third kappa shape index (κ3) is 4.15. The summed E-state index contributed by atoms with van der Waals surface area (Å²) in [5, 5.41) is 5.92. The Balaban J connectivity index is 2.01. The van der Waals surface area contributed by atoms with Crippen LogP contribution in [-0.4, -0.2) is 16.7 Å². The van der Waals surface area contributed by atoms with E-state index < -0.39 is 0 Å². The van der Waals surface area contributed by atoms with Crippen LogP contribution in [-0.2, 0) is 4.79 Å². The molecule has 1 amide bonds. The number of anilines is 3. The van der Waals surface area contributed by atoms with Crippen molar-refractivity contribution < 1.29 is 9.59 Å². The van der Waals surface area contributed by atoms with Gasteiger partial charge < -0.3 is 10.6 Å². The average molecular weight is 297 g/mol. The molecule has 0 bridgehead atoms. The largest absolute Gasteiger partial charge is 0.354 e. The quantitative estimate of drug-likeness (QED) is 0.827. The number of Topliss-reactive ketones (excluding diaryl/α,β-unsaturated/α-hetero) is 1. The summed E-state index contributed by atoms with van der Waals surface area (Å²) in [6.07, 6.45) is 1.65. The molecule has 1 aromatic heterocycles. The predicted octanol–water partition coefficient (Wildman–Crippen LogP) is 3.62. The molecule has 0 aliphatic rings. The van der Waals surface area contributed by atoms with Crippen LogP contribution in [0, 0.1) is 5.92 Å². The van der Waals surface area contributed by atoms with E-state index in [9.17, 15) is 9.59 Å². The molecule has 1 heterocycles. The van der Waals surface area contributed by atoms with Crippen molar-refractivity contribution in [3.05, 3.63) is 48.2 Å². The van der Waals surface area contributed by atoms with E-state index in [1.165, 1.54) is 6.92 Å². The third-order valence-electron chi connectivity index (χ3n) is 3.12. The molecule has 0 saturated heterocycles. The number of ketones is 1. The van der Waals surface area contributed by atoms with E-state index in [0.29, 0.717) is 11.4 Å². The number of amides is 1. The van der Waals surface area contributed by atoms with Gasteiger partial charge in [0.25, 0.3) is 0 Å². The fourth-order valence-corrected chi connectivity index (χ4v) is 1.77. The molecule has 0 spiro atoms. The monoisotopic (exact) mass is 297 g/mol. The highest BCUT2D eigenvalue weighted by Crippen LogP contribution is 2.18. The van der Waals surface area contributed by atoms with Crippen LogP contribution in [0.4, 0.5) is 17.2 Å². The lowest BCUT2D eigenvalue weighted by atomic mass is 10.1. The summed E-state index contributed by atoms with van der Waals surface area (Å²) in [7, 11) is 0. The summed E-state index contributed by atoms with van der Waals surface area (Å²) < 4.78 is 0. The van der Waals surface area contributed by atoms with E-state index in [2.05, 4.69) is 15.6 Å². The van der Waals surface area contributed by atoms with E-state index in [1.807, 2.05) is 32.0 Å². The highest BCUT2D eigenvalue weighted by atomic mass is 16.2. The van der Waals surface area contributed by atoms with Gasteiger partial charge in [-0.05, 0) is 43.3 Å². The summed E-state index contributed by atoms with van der Waals surface area (Å²) in [6.45, 7) is 5.20. The molecule has 0 atom stereocenters. The van der Waals surface area contributed by atoms with Gasteiger partial charge in [-0.15, -0.1) is 0 Å². The predicted molar refractivity (Wildman–Crippen MR) is 87.4 cm³/mol. The number of nitrogens with zero attached hydrogens (tertiary/aromatic N) is 1. The first-order valence-corrected chi connectivity index (χ1v) is 7.10. The van der Waals surface area contributed by atoms with Crippen molar-refractivity contribution in [2.45, 2.75) is 20.8 Å². The van der Waals surface area contributed by atoms with Crippen molar-refractivity contribution in [1.82, 2.24) is 4.98 Å². The lowest BCUT2D eigenvalue weighted by Gasteiger charge is -2.09. The summed E-state index contributed by atoms with van der Waals surface area (Å²) in [5.41, 5.74) is 2.35. The van der Waals surface area contributed by atoms with Gasteiger partial charge >= 0.3 is 0 Å². The molecule has 5 heteroatoms. The van der Waals surface area contributed by atoms with Crippen LogP contribution in [0.1, 0.15) is 31.1 Å². The summed E-state index contributed by atoms with van der Waals surface area (Å²) in [6, 6.07) is 10.8. The lowest BCUT2D eigenvalue weighted by molar-refractivity contribution is -0.118. The molecule has 0 aliphatic carbocycles. The van der Waals surface area contributed by atoms with Gasteiger partial charge in [0.05, 0.1) is 11.9 Å². The molecule has 22 heavy (non-hydrogen) atoms. The maximum Gasteiger partial charge on any atom is 0.228 e.